The van der Waals surface area contributed by atoms with Gasteiger partial charge in [-0.2, -0.15) is 18.2 Å². The molecule has 254 valence electrons. The van der Waals surface area contributed by atoms with Gasteiger partial charge in [0, 0.05) is 46.5 Å². The number of alkyl halides is 3. The number of hydrogen-bond acceptors (Lipinski definition) is 5. The average molecular weight is 700 g/mol. The van der Waals surface area contributed by atoms with Crippen LogP contribution in [0.25, 0.3) is 11.1 Å². The van der Waals surface area contributed by atoms with Crippen LogP contribution in [0, 0.1) is 5.82 Å². The van der Waals surface area contributed by atoms with Gasteiger partial charge in [-0.3, -0.25) is 9.59 Å². The van der Waals surface area contributed by atoms with Gasteiger partial charge in [-0.1, -0.05) is 74.1 Å². The first kappa shape index (κ1) is 18.2. The first-order valence-corrected chi connectivity index (χ1v) is 15.0. The molecule has 48 heavy (non-hydrogen) atoms. The van der Waals surface area contributed by atoms with E-state index >= 15 is 4.79 Å². The van der Waals surface area contributed by atoms with Gasteiger partial charge in [0.1, 0.15) is 12.4 Å². The molecule has 0 saturated carbocycles. The number of halogens is 4. The van der Waals surface area contributed by atoms with Gasteiger partial charge in [0.05, 0.1) is 21.2 Å². The molecule has 0 saturated heterocycles. The highest BCUT2D eigenvalue weighted by atomic mass is 32.2. The topological polar surface area (TPSA) is 58.4 Å². The molecule has 0 N–H and O–H groups in total. The molecular weight excluding hydrogens is 640 g/mol. The van der Waals surface area contributed by atoms with E-state index in [1.165, 1.54) is 12.1 Å². The van der Waals surface area contributed by atoms with Crippen molar-refractivity contribution >= 4 is 17.7 Å². The van der Waals surface area contributed by atoms with E-state index in [9.17, 15) is 26.5 Å². The van der Waals surface area contributed by atoms with Crippen LogP contribution < -0.4 is 5.56 Å². The maximum Gasteiger partial charge on any atom is 0.416 e. The van der Waals surface area contributed by atoms with E-state index in [-0.39, 0.29) is 38.3 Å². The lowest BCUT2D eigenvalue weighted by atomic mass is 9.99. The predicted octanol–water partition coefficient (Wildman–Crippen LogP) is 7.78. The summed E-state index contributed by atoms with van der Waals surface area (Å²) in [6.07, 6.45) is -15.4. The van der Waals surface area contributed by atoms with Crippen LogP contribution in [0.3, 0.4) is 0 Å². The van der Waals surface area contributed by atoms with E-state index < -0.39 is 139 Å². The van der Waals surface area contributed by atoms with Gasteiger partial charge in [-0.15, -0.1) is 0 Å². The standard InChI is InChI=1S/C37H40F4N4O2S/c1-4-43(5-2)21-22-44(25(3)27-11-13-28(14-12-27)29-15-17-30(18-16-29)37(39,40)41)34(46)23-45-33-8-6-7-32(33)35(47)42-36(45)48-24-26-9-19-31(38)20-10-26/h9-20,25H,4-8,21-24H2,1-3H3/i4D2,5D2,6D2,7D2,8D2,9D,10D,19D,20D,21D2,22D2,25D. The van der Waals surface area contributed by atoms with Crippen LogP contribution in [0.5, 0.6) is 0 Å². The van der Waals surface area contributed by atoms with Crippen molar-refractivity contribution in [3.63, 3.8) is 0 Å². The van der Waals surface area contributed by atoms with Crippen molar-refractivity contribution in [1.29, 1.82) is 0 Å². The summed E-state index contributed by atoms with van der Waals surface area (Å²) >= 11 is 0.273. The third-order valence-electron chi connectivity index (χ3n) is 6.96. The molecule has 3 aromatic carbocycles. The molecule has 0 bridgehead atoms. The summed E-state index contributed by atoms with van der Waals surface area (Å²) in [6.45, 7) is -13.6. The monoisotopic (exact) mass is 699 g/mol. The Hall–Kier alpha value is -3.96. The van der Waals surface area contributed by atoms with Crippen LogP contribution in [0.1, 0.15) is 87.2 Å². The van der Waals surface area contributed by atoms with Gasteiger partial charge >= 0.3 is 6.18 Å². The quantitative estimate of drug-likeness (QED) is 0.0811. The molecule has 1 aliphatic rings. The zero-order chi connectivity index (χ0) is 51.4. The molecule has 6 nitrogen and oxygen atoms in total. The fourth-order valence-electron chi connectivity index (χ4n) is 4.47. The van der Waals surface area contributed by atoms with Gasteiger partial charge in [0.15, 0.2) is 5.16 Å². The molecule has 5 rings (SSSR count). The Morgan fingerprint density at radius 1 is 1.04 bits per heavy atom. The molecule has 1 aromatic heterocycles. The largest absolute Gasteiger partial charge is 0.416 e. The van der Waals surface area contributed by atoms with Crippen molar-refractivity contribution in [2.45, 2.75) is 69.5 Å². The van der Waals surface area contributed by atoms with Crippen LogP contribution in [-0.4, -0.2) is 51.2 Å². The number of fused-ring (bicyclic) bond motifs is 1. The highest BCUT2D eigenvalue weighted by molar-refractivity contribution is 7.98. The molecule has 0 radical (unpaired) electrons. The third kappa shape index (κ3) is 8.36. The van der Waals surface area contributed by atoms with E-state index in [4.69, 9.17) is 21.9 Å². The molecule has 0 aliphatic heterocycles. The molecule has 1 amide bonds. The second kappa shape index (κ2) is 15.5. The Bertz CT molecular complexity index is 2610. The predicted molar refractivity (Wildman–Crippen MR) is 181 cm³/mol. The summed E-state index contributed by atoms with van der Waals surface area (Å²) in [5.41, 5.74) is -5.41. The fourth-order valence-corrected chi connectivity index (χ4v) is 5.34. The number of nitrogens with zero attached hydrogens (tertiary/aromatic N) is 4. The molecule has 0 fully saturated rings. The van der Waals surface area contributed by atoms with Crippen molar-refractivity contribution in [1.82, 2.24) is 19.4 Å². The molecule has 4 aromatic rings. The highest BCUT2D eigenvalue weighted by Crippen LogP contribution is 2.32. The molecule has 11 heteroatoms. The molecule has 1 atom stereocenters. The summed E-state index contributed by atoms with van der Waals surface area (Å²) in [5, 5.41) is -0.830. The summed E-state index contributed by atoms with van der Waals surface area (Å²) in [7, 11) is 0. The van der Waals surface area contributed by atoms with Crippen LogP contribution in [0.4, 0.5) is 17.6 Å². The zero-order valence-electron chi connectivity index (χ0n) is 44.6. The first-order chi connectivity index (χ1) is 30.1. The van der Waals surface area contributed by atoms with Crippen LogP contribution in [0.2, 0.25) is 0 Å². The zero-order valence-corrected chi connectivity index (χ0v) is 26.4. The van der Waals surface area contributed by atoms with Gasteiger partial charge < -0.3 is 14.4 Å². The Kier molecular flexibility index (Phi) is 5.86. The van der Waals surface area contributed by atoms with E-state index in [2.05, 4.69) is 4.98 Å². The number of benzene rings is 3. The van der Waals surface area contributed by atoms with Crippen molar-refractivity contribution < 1.29 is 48.4 Å². The van der Waals surface area contributed by atoms with E-state index in [1.807, 2.05) is 0 Å². The Labute approximate surface area is 309 Å². The van der Waals surface area contributed by atoms with Crippen molar-refractivity contribution in [3.8, 4) is 11.1 Å². The average Bonchev–Trinajstić information content (AvgIpc) is 3.28. The Balaban J connectivity index is 1.78. The molecule has 0 spiro atoms. The second-order valence-electron chi connectivity index (χ2n) is 9.94. The summed E-state index contributed by atoms with van der Waals surface area (Å²) in [5.74, 6) is -4.05. The van der Waals surface area contributed by atoms with Crippen LogP contribution in [0.15, 0.2) is 82.7 Å². The van der Waals surface area contributed by atoms with E-state index in [1.54, 1.807) is 0 Å². The maximum absolute atomic E-state index is 15.1. The lowest BCUT2D eigenvalue weighted by molar-refractivity contribution is -0.137. The lowest BCUT2D eigenvalue weighted by Gasteiger charge is -2.33. The van der Waals surface area contributed by atoms with E-state index in [0.717, 1.165) is 43.3 Å². The number of hydrogen-bond donors (Lipinski definition) is 0. The SMILES string of the molecule is [2H]c1c([2H])c(CSc2nc(=O)c3c(n2CC(=O)N(C([2H])(C)c2ccc(-c4ccc(C(F)(F)F)cc4)cc2)C([2H])([2H])C([2H])([2H])N(C([2H])([2H])C)C([2H])([2H])C)C([2H])([2H])C([2H])([2H])C3([2H])[2H])c([2H])c([2H])c1F. The number of aromatic nitrogens is 2. The minimum atomic E-state index is -4.66. The van der Waals surface area contributed by atoms with Crippen molar-refractivity contribution in [2.75, 3.05) is 26.0 Å². The van der Waals surface area contributed by atoms with Gasteiger partial charge in [0.2, 0.25) is 5.91 Å². The third-order valence-corrected chi connectivity index (χ3v) is 7.96. The maximum atomic E-state index is 15.1. The number of thioether (sulfide) groups is 1. The van der Waals surface area contributed by atoms with Gasteiger partial charge in [-0.25, -0.2) is 4.39 Å². The van der Waals surface area contributed by atoms with Crippen molar-refractivity contribution in [3.05, 3.63) is 117 Å². The van der Waals surface area contributed by atoms with Gasteiger partial charge in [-0.05, 0) is 85.5 Å². The minimum Gasteiger partial charge on any atom is -0.333 e. The van der Waals surface area contributed by atoms with Crippen LogP contribution in [-0.2, 0) is 36.0 Å². The fraction of sp³-hybridized carbons (Fsp3) is 0.378. The summed E-state index contributed by atoms with van der Waals surface area (Å²) < 4.78 is 218. The van der Waals surface area contributed by atoms with Crippen LogP contribution >= 0.6 is 11.8 Å². The highest BCUT2D eigenvalue weighted by Gasteiger charge is 2.30. The smallest absolute Gasteiger partial charge is 0.333 e. The summed E-state index contributed by atoms with van der Waals surface area (Å²) in [6, 6.07) is 1.65. The molecule has 1 unspecified atom stereocenters. The number of likely N-dealkylation sites (N-methyl/N-ethyl adjacent to an activating group) is 1. The number of carbonyl (C=O) groups is 1. The number of carbonyl (C=O) groups excluding carboxylic acids is 1. The first-order valence-electron chi connectivity index (χ1n) is 23.6. The van der Waals surface area contributed by atoms with E-state index in [0.29, 0.717) is 18.4 Å². The number of rotatable bonds is 13. The lowest BCUT2D eigenvalue weighted by Crippen LogP contribution is -2.42. The Morgan fingerprint density at radius 2 is 1.67 bits per heavy atom. The normalized spacial score (nSPS) is 24.3. The second-order valence-corrected chi connectivity index (χ2v) is 10.9. The molecule has 1 aliphatic carbocycles. The molecule has 1 heterocycles. The minimum absolute atomic E-state index is 0.104. The Morgan fingerprint density at radius 3 is 2.27 bits per heavy atom. The number of amides is 1. The van der Waals surface area contributed by atoms with Gasteiger partial charge in [0.25, 0.3) is 5.56 Å². The summed E-state index contributed by atoms with van der Waals surface area (Å²) in [4.78, 5) is 32.2. The van der Waals surface area contributed by atoms with Crippen molar-refractivity contribution in [2.24, 2.45) is 0 Å². The molecular formula is C37H40F4N4O2S.